The van der Waals surface area contributed by atoms with E-state index in [4.69, 9.17) is 4.74 Å². The molecule has 1 aliphatic carbocycles. The van der Waals surface area contributed by atoms with Crippen molar-refractivity contribution in [3.63, 3.8) is 0 Å². The van der Waals surface area contributed by atoms with E-state index >= 15 is 0 Å². The van der Waals surface area contributed by atoms with E-state index in [0.717, 1.165) is 12.0 Å². The Hall–Kier alpha value is -1.35. The van der Waals surface area contributed by atoms with Crippen molar-refractivity contribution in [2.75, 3.05) is 7.11 Å². The topological polar surface area (TPSA) is 46.5 Å². The summed E-state index contributed by atoms with van der Waals surface area (Å²) in [6.45, 7) is 1.79. The SMILES string of the molecule is COC(=O)C1(C)CCCC1(O)c1ccccc1. The number of carbonyl (C=O) groups excluding carboxylic acids is 1. The fourth-order valence-corrected chi connectivity index (χ4v) is 2.85. The van der Waals surface area contributed by atoms with Crippen LogP contribution < -0.4 is 0 Å². The minimum atomic E-state index is -1.11. The van der Waals surface area contributed by atoms with E-state index in [1.807, 2.05) is 30.3 Å². The van der Waals surface area contributed by atoms with Crippen LogP contribution in [0.3, 0.4) is 0 Å². The summed E-state index contributed by atoms with van der Waals surface area (Å²) >= 11 is 0. The number of aliphatic hydroxyl groups is 1. The number of carbonyl (C=O) groups is 1. The molecule has 1 fully saturated rings. The predicted molar refractivity (Wildman–Crippen MR) is 64.3 cm³/mol. The second-order valence-electron chi connectivity index (χ2n) is 4.90. The summed E-state index contributed by atoms with van der Waals surface area (Å²) < 4.78 is 4.86. The number of ether oxygens (including phenoxy) is 1. The monoisotopic (exact) mass is 234 g/mol. The van der Waals surface area contributed by atoms with Crippen molar-refractivity contribution in [2.45, 2.75) is 31.8 Å². The van der Waals surface area contributed by atoms with Gasteiger partial charge in [-0.1, -0.05) is 30.3 Å². The fourth-order valence-electron chi connectivity index (χ4n) is 2.85. The van der Waals surface area contributed by atoms with Gasteiger partial charge in [0.05, 0.1) is 12.5 Å². The van der Waals surface area contributed by atoms with E-state index in [9.17, 15) is 9.90 Å². The van der Waals surface area contributed by atoms with Crippen LogP contribution in [0.5, 0.6) is 0 Å². The van der Waals surface area contributed by atoms with Crippen LogP contribution in [0.1, 0.15) is 31.7 Å². The molecule has 1 aromatic rings. The smallest absolute Gasteiger partial charge is 0.314 e. The van der Waals surface area contributed by atoms with Gasteiger partial charge in [0.25, 0.3) is 0 Å². The minimum absolute atomic E-state index is 0.332. The van der Waals surface area contributed by atoms with E-state index < -0.39 is 11.0 Å². The molecule has 1 N–H and O–H groups in total. The molecule has 0 aromatic heterocycles. The first-order valence-corrected chi connectivity index (χ1v) is 5.91. The third-order valence-corrected chi connectivity index (χ3v) is 4.02. The Morgan fingerprint density at radius 2 is 1.94 bits per heavy atom. The number of hydrogen-bond acceptors (Lipinski definition) is 3. The lowest BCUT2D eigenvalue weighted by Crippen LogP contribution is -2.45. The molecule has 2 rings (SSSR count). The lowest BCUT2D eigenvalue weighted by atomic mass is 9.72. The van der Waals surface area contributed by atoms with Crippen molar-refractivity contribution >= 4 is 5.97 Å². The zero-order valence-electron chi connectivity index (χ0n) is 10.3. The summed E-state index contributed by atoms with van der Waals surface area (Å²) in [6, 6.07) is 9.39. The molecule has 1 saturated carbocycles. The maximum Gasteiger partial charge on any atom is 0.314 e. The van der Waals surface area contributed by atoms with Crippen LogP contribution in [0.2, 0.25) is 0 Å². The number of benzene rings is 1. The third-order valence-electron chi connectivity index (χ3n) is 4.02. The zero-order chi connectivity index (χ0) is 12.5. The highest BCUT2D eigenvalue weighted by atomic mass is 16.5. The van der Waals surface area contributed by atoms with Gasteiger partial charge in [0.1, 0.15) is 5.60 Å². The zero-order valence-corrected chi connectivity index (χ0v) is 10.3. The van der Waals surface area contributed by atoms with Gasteiger partial charge in [-0.15, -0.1) is 0 Å². The van der Waals surface area contributed by atoms with Gasteiger partial charge in [0.2, 0.25) is 0 Å². The van der Waals surface area contributed by atoms with Crippen LogP contribution in [0.25, 0.3) is 0 Å². The van der Waals surface area contributed by atoms with E-state index in [1.165, 1.54) is 7.11 Å². The normalized spacial score (nSPS) is 32.4. The molecule has 0 spiro atoms. The van der Waals surface area contributed by atoms with Crippen molar-refractivity contribution in [3.8, 4) is 0 Å². The predicted octanol–water partition coefficient (Wildman–Crippen LogP) is 2.24. The molecule has 1 aromatic carbocycles. The number of esters is 1. The Kier molecular flexibility index (Phi) is 2.96. The third kappa shape index (κ3) is 1.65. The molecule has 92 valence electrons. The van der Waals surface area contributed by atoms with E-state index in [0.29, 0.717) is 12.8 Å². The standard InChI is InChI=1S/C14H18O3/c1-13(12(15)17-2)9-6-10-14(13,16)11-7-4-3-5-8-11/h3-5,7-8,16H,6,9-10H2,1-2H3. The Balaban J connectivity index is 2.46. The maximum absolute atomic E-state index is 11.9. The highest BCUT2D eigenvalue weighted by Gasteiger charge is 2.57. The van der Waals surface area contributed by atoms with Gasteiger partial charge in [0.15, 0.2) is 0 Å². The quantitative estimate of drug-likeness (QED) is 0.798. The molecule has 0 heterocycles. The molecule has 0 saturated heterocycles. The first kappa shape index (κ1) is 12.1. The number of hydrogen-bond donors (Lipinski definition) is 1. The van der Waals surface area contributed by atoms with Crippen molar-refractivity contribution in [1.82, 2.24) is 0 Å². The molecular weight excluding hydrogens is 216 g/mol. The van der Waals surface area contributed by atoms with Crippen LogP contribution in [0, 0.1) is 5.41 Å². The van der Waals surface area contributed by atoms with Gasteiger partial charge in [-0.3, -0.25) is 4.79 Å². The van der Waals surface area contributed by atoms with Crippen LogP contribution in [0.4, 0.5) is 0 Å². The largest absolute Gasteiger partial charge is 0.469 e. The summed E-state index contributed by atoms with van der Waals surface area (Å²) in [7, 11) is 1.37. The second-order valence-corrected chi connectivity index (χ2v) is 4.90. The van der Waals surface area contributed by atoms with Crippen LogP contribution >= 0.6 is 0 Å². The molecule has 2 atom stereocenters. The lowest BCUT2D eigenvalue weighted by Gasteiger charge is -2.37. The Labute approximate surface area is 101 Å². The summed E-state index contributed by atoms with van der Waals surface area (Å²) in [4.78, 5) is 11.9. The van der Waals surface area contributed by atoms with Gasteiger partial charge >= 0.3 is 5.97 Å². The van der Waals surface area contributed by atoms with Crippen molar-refractivity contribution in [3.05, 3.63) is 35.9 Å². The van der Waals surface area contributed by atoms with Gasteiger partial charge in [-0.2, -0.15) is 0 Å². The van der Waals surface area contributed by atoms with Crippen molar-refractivity contribution < 1.29 is 14.6 Å². The maximum atomic E-state index is 11.9. The fraction of sp³-hybridized carbons (Fsp3) is 0.500. The van der Waals surface area contributed by atoms with Gasteiger partial charge in [-0.05, 0) is 31.7 Å². The summed E-state index contributed by atoms with van der Waals surface area (Å²) in [6.07, 6.45) is 2.09. The molecule has 0 aliphatic heterocycles. The summed E-state index contributed by atoms with van der Waals surface area (Å²) in [5.41, 5.74) is -1.16. The van der Waals surface area contributed by atoms with E-state index in [1.54, 1.807) is 6.92 Å². The highest BCUT2D eigenvalue weighted by Crippen LogP contribution is 2.53. The lowest BCUT2D eigenvalue weighted by molar-refractivity contribution is -0.167. The molecule has 1 aliphatic rings. The van der Waals surface area contributed by atoms with Crippen LogP contribution in [0.15, 0.2) is 30.3 Å². The van der Waals surface area contributed by atoms with Gasteiger partial charge < -0.3 is 9.84 Å². The molecule has 3 nitrogen and oxygen atoms in total. The highest BCUT2D eigenvalue weighted by molar-refractivity contribution is 5.78. The Bertz CT molecular complexity index is 415. The van der Waals surface area contributed by atoms with E-state index in [2.05, 4.69) is 0 Å². The Morgan fingerprint density at radius 1 is 1.29 bits per heavy atom. The molecular formula is C14H18O3. The van der Waals surface area contributed by atoms with Crippen molar-refractivity contribution in [2.24, 2.45) is 5.41 Å². The van der Waals surface area contributed by atoms with Crippen LogP contribution in [-0.2, 0) is 15.1 Å². The van der Waals surface area contributed by atoms with Gasteiger partial charge in [-0.25, -0.2) is 0 Å². The Morgan fingerprint density at radius 3 is 2.53 bits per heavy atom. The molecule has 3 heteroatoms. The first-order valence-electron chi connectivity index (χ1n) is 5.91. The summed E-state index contributed by atoms with van der Waals surface area (Å²) in [5.74, 6) is -0.332. The second kappa shape index (κ2) is 4.15. The molecule has 0 bridgehead atoms. The molecule has 0 radical (unpaired) electrons. The molecule has 0 amide bonds. The minimum Gasteiger partial charge on any atom is -0.469 e. The molecule has 17 heavy (non-hydrogen) atoms. The van der Waals surface area contributed by atoms with Gasteiger partial charge in [0, 0.05) is 0 Å². The average molecular weight is 234 g/mol. The number of rotatable bonds is 2. The first-order chi connectivity index (χ1) is 8.04. The number of methoxy groups -OCH3 is 1. The van der Waals surface area contributed by atoms with Crippen LogP contribution in [-0.4, -0.2) is 18.2 Å². The average Bonchev–Trinajstić information content (AvgIpc) is 2.68. The molecule has 2 unspecified atom stereocenters. The van der Waals surface area contributed by atoms with Crippen molar-refractivity contribution in [1.29, 1.82) is 0 Å². The summed E-state index contributed by atoms with van der Waals surface area (Å²) in [5, 5.41) is 10.9. The van der Waals surface area contributed by atoms with E-state index in [-0.39, 0.29) is 5.97 Å².